The number of ether oxygens (including phenoxy) is 1. The van der Waals surface area contributed by atoms with E-state index in [1.165, 1.54) is 24.0 Å². The number of fused-ring (bicyclic) bond motifs is 1. The molecule has 2 N–H and O–H groups in total. The van der Waals surface area contributed by atoms with E-state index in [1.807, 2.05) is 43.3 Å². The number of hydrogen-bond acceptors (Lipinski definition) is 5. The van der Waals surface area contributed by atoms with Gasteiger partial charge in [-0.15, -0.1) is 0 Å². The highest BCUT2D eigenvalue weighted by Crippen LogP contribution is 2.33. The summed E-state index contributed by atoms with van der Waals surface area (Å²) < 4.78 is 12.3. The van der Waals surface area contributed by atoms with Crippen LogP contribution in [0.5, 0.6) is 5.75 Å². The predicted molar refractivity (Wildman–Crippen MR) is 156 cm³/mol. The van der Waals surface area contributed by atoms with Crippen LogP contribution in [0.1, 0.15) is 46.5 Å². The van der Waals surface area contributed by atoms with Crippen LogP contribution in [-0.2, 0) is 13.0 Å². The Morgan fingerprint density at radius 2 is 1.69 bits per heavy atom. The first-order valence-electron chi connectivity index (χ1n) is 14.1. The first-order chi connectivity index (χ1) is 19.2. The zero-order chi connectivity index (χ0) is 26.9. The van der Waals surface area contributed by atoms with Crippen molar-refractivity contribution in [1.82, 2.24) is 15.5 Å². The van der Waals surface area contributed by atoms with E-state index in [-0.39, 0.29) is 5.91 Å². The predicted octanol–water partition coefficient (Wildman–Crippen LogP) is 5.74. The van der Waals surface area contributed by atoms with Gasteiger partial charge < -0.3 is 19.8 Å². The lowest BCUT2D eigenvalue weighted by Gasteiger charge is -2.34. The molecule has 5 rings (SSSR count). The lowest BCUT2D eigenvalue weighted by molar-refractivity contribution is 0.0927. The number of amides is 1. The van der Waals surface area contributed by atoms with Crippen molar-refractivity contribution in [3.05, 3.63) is 101 Å². The molecule has 1 fully saturated rings. The average molecular weight is 526 g/mol. The molecule has 0 spiro atoms. The van der Waals surface area contributed by atoms with Gasteiger partial charge in [0.05, 0.1) is 12.0 Å². The molecule has 2 heterocycles. The SMILES string of the molecule is Cc1c(C(=O)NCCc2ccccc2)oc2cccc(OCCCN(Cc3ccccc3)C3CCNCC3)c12. The molecule has 39 heavy (non-hydrogen) atoms. The van der Waals surface area contributed by atoms with E-state index in [9.17, 15) is 4.79 Å². The standard InChI is InChI=1S/C33H39N3O3/c1-25-31-29(14-8-15-30(31)39-32(25)33(37)35-21-16-26-10-4-2-5-11-26)38-23-9-22-36(28-17-19-34-20-18-28)24-27-12-6-3-7-13-27/h2-8,10-15,28,34H,9,16-24H2,1H3,(H,35,37). The number of carbonyl (C=O) groups excluding carboxylic acids is 1. The van der Waals surface area contributed by atoms with Gasteiger partial charge in [-0.1, -0.05) is 66.7 Å². The van der Waals surface area contributed by atoms with Crippen molar-refractivity contribution in [2.45, 2.75) is 45.2 Å². The van der Waals surface area contributed by atoms with Gasteiger partial charge in [0.2, 0.25) is 0 Å². The molecule has 0 atom stereocenters. The number of nitrogens with one attached hydrogen (secondary N) is 2. The van der Waals surface area contributed by atoms with Gasteiger partial charge >= 0.3 is 0 Å². The van der Waals surface area contributed by atoms with E-state index in [0.29, 0.717) is 30.5 Å². The number of rotatable bonds is 12. The molecule has 0 aliphatic carbocycles. The molecule has 6 heteroatoms. The van der Waals surface area contributed by atoms with Gasteiger partial charge in [-0.3, -0.25) is 9.69 Å². The van der Waals surface area contributed by atoms with Gasteiger partial charge in [-0.2, -0.15) is 0 Å². The van der Waals surface area contributed by atoms with Crippen molar-refractivity contribution in [3.8, 4) is 5.75 Å². The van der Waals surface area contributed by atoms with Gasteiger partial charge in [0.15, 0.2) is 5.76 Å². The Labute approximate surface area is 231 Å². The van der Waals surface area contributed by atoms with Crippen molar-refractivity contribution in [1.29, 1.82) is 0 Å². The molecule has 0 unspecified atom stereocenters. The molecule has 0 bridgehead atoms. The summed E-state index contributed by atoms with van der Waals surface area (Å²) >= 11 is 0. The highest BCUT2D eigenvalue weighted by molar-refractivity contribution is 6.00. The molecule has 0 radical (unpaired) electrons. The Morgan fingerprint density at radius 3 is 2.44 bits per heavy atom. The number of carbonyl (C=O) groups is 1. The third-order valence-corrected chi connectivity index (χ3v) is 7.56. The van der Waals surface area contributed by atoms with Crippen LogP contribution < -0.4 is 15.4 Å². The molecule has 3 aromatic carbocycles. The Balaban J connectivity index is 1.19. The first kappa shape index (κ1) is 27.0. The number of piperidine rings is 1. The topological polar surface area (TPSA) is 66.7 Å². The second-order valence-corrected chi connectivity index (χ2v) is 10.3. The molecule has 1 saturated heterocycles. The van der Waals surface area contributed by atoms with E-state index in [1.54, 1.807) is 0 Å². The van der Waals surface area contributed by atoms with Gasteiger partial charge in [0.1, 0.15) is 11.3 Å². The van der Waals surface area contributed by atoms with Gasteiger partial charge in [-0.05, 0) is 69.0 Å². The minimum absolute atomic E-state index is 0.191. The van der Waals surface area contributed by atoms with Gasteiger partial charge in [0, 0.05) is 31.2 Å². The van der Waals surface area contributed by atoms with Crippen LogP contribution in [-0.4, -0.2) is 49.6 Å². The zero-order valence-electron chi connectivity index (χ0n) is 22.8. The largest absolute Gasteiger partial charge is 0.493 e. The van der Waals surface area contributed by atoms with Crippen LogP contribution >= 0.6 is 0 Å². The highest BCUT2D eigenvalue weighted by atomic mass is 16.5. The summed E-state index contributed by atoms with van der Waals surface area (Å²) in [6.07, 6.45) is 4.06. The molecular weight excluding hydrogens is 486 g/mol. The second kappa shape index (κ2) is 13.5. The summed E-state index contributed by atoms with van der Waals surface area (Å²) in [5, 5.41) is 7.37. The third kappa shape index (κ3) is 7.08. The molecule has 204 valence electrons. The summed E-state index contributed by atoms with van der Waals surface area (Å²) in [6.45, 7) is 7.20. The average Bonchev–Trinajstić information content (AvgIpc) is 3.33. The molecule has 0 saturated carbocycles. The maximum atomic E-state index is 12.9. The Morgan fingerprint density at radius 1 is 0.974 bits per heavy atom. The van der Waals surface area contributed by atoms with Crippen LogP contribution in [0.4, 0.5) is 0 Å². The van der Waals surface area contributed by atoms with Crippen LogP contribution in [0.25, 0.3) is 11.0 Å². The minimum Gasteiger partial charge on any atom is -0.493 e. The number of hydrogen-bond donors (Lipinski definition) is 2. The fourth-order valence-corrected chi connectivity index (χ4v) is 5.48. The Hall–Kier alpha value is -3.61. The maximum absolute atomic E-state index is 12.9. The fraction of sp³-hybridized carbons (Fsp3) is 0.364. The molecule has 1 aliphatic rings. The molecule has 1 aliphatic heterocycles. The van der Waals surface area contributed by atoms with E-state index >= 15 is 0 Å². The number of benzene rings is 3. The monoisotopic (exact) mass is 525 g/mol. The van der Waals surface area contributed by atoms with Crippen molar-refractivity contribution in [3.63, 3.8) is 0 Å². The van der Waals surface area contributed by atoms with Crippen molar-refractivity contribution in [2.75, 3.05) is 32.8 Å². The lowest BCUT2D eigenvalue weighted by atomic mass is 10.0. The number of nitrogens with zero attached hydrogens (tertiary/aromatic N) is 1. The van der Waals surface area contributed by atoms with E-state index in [4.69, 9.17) is 9.15 Å². The Bertz CT molecular complexity index is 1330. The minimum atomic E-state index is -0.191. The second-order valence-electron chi connectivity index (χ2n) is 10.3. The smallest absolute Gasteiger partial charge is 0.287 e. The number of aryl methyl sites for hydroxylation is 1. The normalized spacial score (nSPS) is 14.1. The first-order valence-corrected chi connectivity index (χ1v) is 14.1. The Kier molecular flexibility index (Phi) is 9.30. The highest BCUT2D eigenvalue weighted by Gasteiger charge is 2.22. The molecule has 1 amide bonds. The van der Waals surface area contributed by atoms with Crippen LogP contribution in [0.15, 0.2) is 83.3 Å². The zero-order valence-corrected chi connectivity index (χ0v) is 22.8. The molecule has 4 aromatic rings. The van der Waals surface area contributed by atoms with Crippen LogP contribution in [0.3, 0.4) is 0 Å². The molecule has 1 aromatic heterocycles. The van der Waals surface area contributed by atoms with Crippen LogP contribution in [0.2, 0.25) is 0 Å². The molecule has 6 nitrogen and oxygen atoms in total. The maximum Gasteiger partial charge on any atom is 0.287 e. The van der Waals surface area contributed by atoms with E-state index in [2.05, 4.69) is 58.0 Å². The fourth-order valence-electron chi connectivity index (χ4n) is 5.48. The van der Waals surface area contributed by atoms with Gasteiger partial charge in [-0.25, -0.2) is 0 Å². The van der Waals surface area contributed by atoms with Gasteiger partial charge in [0.25, 0.3) is 5.91 Å². The summed E-state index contributed by atoms with van der Waals surface area (Å²) in [7, 11) is 0. The van der Waals surface area contributed by atoms with E-state index < -0.39 is 0 Å². The summed E-state index contributed by atoms with van der Waals surface area (Å²) in [5.41, 5.74) is 4.04. The van der Waals surface area contributed by atoms with Crippen LogP contribution in [0, 0.1) is 6.92 Å². The van der Waals surface area contributed by atoms with Crippen molar-refractivity contribution < 1.29 is 13.9 Å². The lowest BCUT2D eigenvalue weighted by Crippen LogP contribution is -2.43. The summed E-state index contributed by atoms with van der Waals surface area (Å²) in [6, 6.07) is 27.3. The third-order valence-electron chi connectivity index (χ3n) is 7.56. The quantitative estimate of drug-likeness (QED) is 0.231. The molecular formula is C33H39N3O3. The number of furan rings is 1. The van der Waals surface area contributed by atoms with Crippen molar-refractivity contribution in [2.24, 2.45) is 0 Å². The van der Waals surface area contributed by atoms with Crippen molar-refractivity contribution >= 4 is 16.9 Å². The summed E-state index contributed by atoms with van der Waals surface area (Å²) in [5.74, 6) is 0.937. The van der Waals surface area contributed by atoms with E-state index in [0.717, 1.165) is 55.7 Å². The summed E-state index contributed by atoms with van der Waals surface area (Å²) in [4.78, 5) is 15.5.